The van der Waals surface area contributed by atoms with Crippen LogP contribution in [0.1, 0.15) is 74.0 Å². The maximum Gasteiger partial charge on any atom is 0.439 e. The Kier molecular flexibility index (Phi) is 8.38. The molecule has 1 aliphatic carbocycles. The fourth-order valence-corrected chi connectivity index (χ4v) is 5.84. The van der Waals surface area contributed by atoms with Crippen molar-refractivity contribution in [1.82, 2.24) is 24.6 Å². The standard InChI is InChI=1S/C33H37N5O5/c1-2-3-8-28-34-30(23-13-14-23)27(19-29(40)37-17-15-24(39)16-18-37)32(41)38(28)20-21-9-11-22(12-10-21)25-6-4-5-7-26(25)31-35-33(42)43-36-31/h4-7,9-12,23-24,39H,2-3,8,13-20H2,1H3,(H,35,36,42). The van der Waals surface area contributed by atoms with E-state index in [-0.39, 0.29) is 29.9 Å². The third kappa shape index (κ3) is 6.39. The Bertz CT molecular complexity index is 1710. The number of aliphatic hydroxyl groups excluding tert-OH is 1. The van der Waals surface area contributed by atoms with Crippen molar-refractivity contribution in [3.63, 3.8) is 0 Å². The number of rotatable bonds is 10. The second-order valence-corrected chi connectivity index (χ2v) is 11.6. The quantitative estimate of drug-likeness (QED) is 0.288. The lowest BCUT2D eigenvalue weighted by molar-refractivity contribution is -0.132. The molecule has 1 aliphatic heterocycles. The predicted molar refractivity (Wildman–Crippen MR) is 162 cm³/mol. The van der Waals surface area contributed by atoms with E-state index in [4.69, 9.17) is 9.51 Å². The molecule has 1 saturated heterocycles. The molecule has 43 heavy (non-hydrogen) atoms. The molecule has 1 saturated carbocycles. The van der Waals surface area contributed by atoms with Crippen molar-refractivity contribution in [2.75, 3.05) is 13.1 Å². The highest BCUT2D eigenvalue weighted by Crippen LogP contribution is 2.40. The molecule has 6 rings (SSSR count). The molecule has 10 nitrogen and oxygen atoms in total. The van der Waals surface area contributed by atoms with Gasteiger partial charge in [0.15, 0.2) is 5.82 Å². The van der Waals surface area contributed by atoms with Gasteiger partial charge in [0.25, 0.3) is 5.56 Å². The zero-order valence-corrected chi connectivity index (χ0v) is 24.4. The average molecular weight is 584 g/mol. The number of hydrogen-bond acceptors (Lipinski definition) is 7. The number of nitrogens with zero attached hydrogens (tertiary/aromatic N) is 4. The largest absolute Gasteiger partial charge is 0.439 e. The molecule has 224 valence electrons. The summed E-state index contributed by atoms with van der Waals surface area (Å²) in [6.45, 7) is 3.50. The predicted octanol–water partition coefficient (Wildman–Crippen LogP) is 4.05. The van der Waals surface area contributed by atoms with E-state index in [1.807, 2.05) is 48.5 Å². The molecule has 0 spiro atoms. The topological polar surface area (TPSA) is 134 Å². The van der Waals surface area contributed by atoms with Gasteiger partial charge in [-0.1, -0.05) is 67.0 Å². The summed E-state index contributed by atoms with van der Waals surface area (Å²) < 4.78 is 6.47. The summed E-state index contributed by atoms with van der Waals surface area (Å²) in [5, 5.41) is 13.7. The van der Waals surface area contributed by atoms with Gasteiger partial charge in [0.05, 0.1) is 24.8 Å². The van der Waals surface area contributed by atoms with Crippen molar-refractivity contribution in [1.29, 1.82) is 0 Å². The summed E-state index contributed by atoms with van der Waals surface area (Å²) in [5.74, 6) is 0.697. The first kappa shape index (κ1) is 28.8. The summed E-state index contributed by atoms with van der Waals surface area (Å²) in [6, 6.07) is 15.6. The van der Waals surface area contributed by atoms with E-state index in [1.165, 1.54) is 0 Å². The minimum atomic E-state index is -0.610. The number of aromatic nitrogens is 4. The first-order valence-electron chi connectivity index (χ1n) is 15.2. The SMILES string of the molecule is CCCCc1nc(C2CC2)c(CC(=O)N2CCC(O)CC2)c(=O)n1Cc1ccc(-c2ccccc2-c2noc(=O)[nH]2)cc1. The Labute approximate surface area is 249 Å². The lowest BCUT2D eigenvalue weighted by Gasteiger charge is -2.30. The van der Waals surface area contributed by atoms with Crippen LogP contribution in [-0.4, -0.2) is 54.8 Å². The molecular formula is C33H37N5O5. The Balaban J connectivity index is 1.31. The fourth-order valence-electron chi connectivity index (χ4n) is 5.84. The molecule has 0 radical (unpaired) electrons. The number of aryl methyl sites for hydroxylation is 1. The van der Waals surface area contributed by atoms with Gasteiger partial charge in [-0.25, -0.2) is 9.78 Å². The second kappa shape index (κ2) is 12.5. The van der Waals surface area contributed by atoms with E-state index in [0.717, 1.165) is 59.5 Å². The van der Waals surface area contributed by atoms with Crippen molar-refractivity contribution in [3.05, 3.63) is 92.1 Å². The number of H-pyrrole nitrogens is 1. The van der Waals surface area contributed by atoms with Gasteiger partial charge in [-0.05, 0) is 48.8 Å². The Hall–Kier alpha value is -4.31. The van der Waals surface area contributed by atoms with Crippen molar-refractivity contribution >= 4 is 5.91 Å². The summed E-state index contributed by atoms with van der Waals surface area (Å²) in [4.78, 5) is 48.4. The molecular weight excluding hydrogens is 546 g/mol. The molecule has 0 atom stereocenters. The van der Waals surface area contributed by atoms with E-state index in [9.17, 15) is 19.5 Å². The Morgan fingerprint density at radius 2 is 1.74 bits per heavy atom. The average Bonchev–Trinajstić information content (AvgIpc) is 3.78. The van der Waals surface area contributed by atoms with Gasteiger partial charge in [-0.15, -0.1) is 0 Å². The van der Waals surface area contributed by atoms with Gasteiger partial charge in [-0.2, -0.15) is 0 Å². The van der Waals surface area contributed by atoms with Gasteiger partial charge in [0, 0.05) is 36.6 Å². The number of hydrogen-bond donors (Lipinski definition) is 2. The number of carbonyl (C=O) groups excluding carboxylic acids is 1. The molecule has 2 fully saturated rings. The van der Waals surface area contributed by atoms with Crippen molar-refractivity contribution < 1.29 is 14.4 Å². The van der Waals surface area contributed by atoms with E-state index in [0.29, 0.717) is 50.3 Å². The first-order valence-corrected chi connectivity index (χ1v) is 15.2. The number of unbranched alkanes of at least 4 members (excludes halogenated alkanes) is 1. The minimum absolute atomic E-state index is 0.0433. The van der Waals surface area contributed by atoms with Gasteiger partial charge in [0.2, 0.25) is 5.91 Å². The number of amides is 1. The van der Waals surface area contributed by atoms with E-state index in [1.54, 1.807) is 9.47 Å². The van der Waals surface area contributed by atoms with Gasteiger partial charge >= 0.3 is 5.76 Å². The van der Waals surface area contributed by atoms with Crippen LogP contribution < -0.4 is 11.3 Å². The smallest absolute Gasteiger partial charge is 0.393 e. The fraction of sp³-hybridized carbons (Fsp3) is 0.424. The first-order chi connectivity index (χ1) is 20.9. The number of piperidine rings is 1. The molecule has 0 unspecified atom stereocenters. The number of aliphatic hydroxyl groups is 1. The maximum atomic E-state index is 14.1. The highest BCUT2D eigenvalue weighted by atomic mass is 16.5. The van der Waals surface area contributed by atoms with E-state index in [2.05, 4.69) is 17.1 Å². The van der Waals surface area contributed by atoms with Gasteiger partial charge in [-0.3, -0.25) is 23.7 Å². The third-order valence-electron chi connectivity index (χ3n) is 8.46. The van der Waals surface area contributed by atoms with E-state index < -0.39 is 5.76 Å². The van der Waals surface area contributed by atoms with Crippen molar-refractivity contribution in [3.8, 4) is 22.5 Å². The molecule has 10 heteroatoms. The molecule has 1 amide bonds. The van der Waals surface area contributed by atoms with Gasteiger partial charge < -0.3 is 10.0 Å². The normalized spacial score (nSPS) is 15.6. The third-order valence-corrected chi connectivity index (χ3v) is 8.46. The number of nitrogens with one attached hydrogen (secondary N) is 1. The van der Waals surface area contributed by atoms with E-state index >= 15 is 0 Å². The maximum absolute atomic E-state index is 14.1. The lowest BCUT2D eigenvalue weighted by atomic mass is 9.98. The van der Waals surface area contributed by atoms with Crippen LogP contribution in [0.15, 0.2) is 62.6 Å². The van der Waals surface area contributed by atoms with Crippen LogP contribution in [0.3, 0.4) is 0 Å². The second-order valence-electron chi connectivity index (χ2n) is 11.6. The zero-order valence-electron chi connectivity index (χ0n) is 24.4. The zero-order chi connectivity index (χ0) is 29.9. The van der Waals surface area contributed by atoms with Crippen LogP contribution in [-0.2, 0) is 24.2 Å². The van der Waals surface area contributed by atoms with Crippen LogP contribution in [0.25, 0.3) is 22.5 Å². The van der Waals surface area contributed by atoms with Crippen LogP contribution in [0.5, 0.6) is 0 Å². The molecule has 0 bridgehead atoms. The van der Waals surface area contributed by atoms with Crippen molar-refractivity contribution in [2.24, 2.45) is 0 Å². The van der Waals surface area contributed by atoms with Crippen molar-refractivity contribution in [2.45, 2.75) is 76.9 Å². The number of benzene rings is 2. The lowest BCUT2D eigenvalue weighted by Crippen LogP contribution is -2.42. The van der Waals surface area contributed by atoms with Crippen LogP contribution >= 0.6 is 0 Å². The Morgan fingerprint density at radius 3 is 2.40 bits per heavy atom. The molecule has 2 aliphatic rings. The van der Waals surface area contributed by atoms with Crippen LogP contribution in [0.2, 0.25) is 0 Å². The molecule has 2 aromatic carbocycles. The summed E-state index contributed by atoms with van der Waals surface area (Å²) >= 11 is 0. The van der Waals surface area contributed by atoms with Crippen LogP contribution in [0, 0.1) is 0 Å². The number of carbonyl (C=O) groups is 1. The monoisotopic (exact) mass is 583 g/mol. The Morgan fingerprint density at radius 1 is 1.02 bits per heavy atom. The molecule has 3 heterocycles. The minimum Gasteiger partial charge on any atom is -0.393 e. The number of aromatic amines is 1. The molecule has 4 aromatic rings. The van der Waals surface area contributed by atoms with Crippen LogP contribution in [0.4, 0.5) is 0 Å². The molecule has 2 N–H and O–H groups in total. The summed E-state index contributed by atoms with van der Waals surface area (Å²) in [6.07, 6.45) is 5.40. The molecule has 2 aromatic heterocycles. The highest BCUT2D eigenvalue weighted by molar-refractivity contribution is 5.80. The van der Waals surface area contributed by atoms with Gasteiger partial charge in [0.1, 0.15) is 5.82 Å². The summed E-state index contributed by atoms with van der Waals surface area (Å²) in [5.41, 5.74) is 4.71. The summed E-state index contributed by atoms with van der Waals surface area (Å²) in [7, 11) is 0. The highest BCUT2D eigenvalue weighted by Gasteiger charge is 2.32. The number of likely N-dealkylation sites (tertiary alicyclic amines) is 1.